The molecule has 1 fully saturated rings. The number of nitrogens with zero attached hydrogens (tertiary/aromatic N) is 4. The lowest BCUT2D eigenvalue weighted by atomic mass is 10.0. The number of rotatable bonds is 5. The van der Waals surface area contributed by atoms with Gasteiger partial charge in [-0.25, -0.2) is 12.8 Å². The van der Waals surface area contributed by atoms with Gasteiger partial charge in [-0.2, -0.15) is 0 Å². The molecule has 37 heavy (non-hydrogen) atoms. The van der Waals surface area contributed by atoms with Crippen LogP contribution in [0.2, 0.25) is 5.02 Å². The summed E-state index contributed by atoms with van der Waals surface area (Å²) < 4.78 is 36.8. The van der Waals surface area contributed by atoms with Crippen molar-refractivity contribution < 1.29 is 17.6 Å². The third-order valence-electron chi connectivity index (χ3n) is 6.85. The van der Waals surface area contributed by atoms with Crippen LogP contribution in [0.25, 0.3) is 11.3 Å². The highest BCUT2D eigenvalue weighted by Gasteiger charge is 2.29. The summed E-state index contributed by atoms with van der Waals surface area (Å²) in [5.41, 5.74) is 3.84. The summed E-state index contributed by atoms with van der Waals surface area (Å²) >= 11 is 6.26. The number of aromatic nitrogens is 2. The van der Waals surface area contributed by atoms with Crippen molar-refractivity contribution in [1.29, 1.82) is 0 Å². The van der Waals surface area contributed by atoms with Crippen LogP contribution in [0.1, 0.15) is 34.3 Å². The molecule has 0 radical (unpaired) electrons. The topological polar surface area (TPSA) is 83.5 Å². The van der Waals surface area contributed by atoms with Crippen LogP contribution >= 0.6 is 24.0 Å². The number of amides is 1. The Kier molecular flexibility index (Phi) is 8.82. The summed E-state index contributed by atoms with van der Waals surface area (Å²) in [7, 11) is -1.66. The molecule has 0 aliphatic carbocycles. The molecule has 2 heterocycles. The van der Waals surface area contributed by atoms with Crippen molar-refractivity contribution in [2.24, 2.45) is 0 Å². The maximum Gasteiger partial charge on any atom is 0.255 e. The number of hydrogen-bond donors (Lipinski definition) is 0. The van der Waals surface area contributed by atoms with E-state index >= 15 is 0 Å². The van der Waals surface area contributed by atoms with Gasteiger partial charge >= 0.3 is 0 Å². The third-order valence-corrected chi connectivity index (χ3v) is 8.27. The van der Waals surface area contributed by atoms with E-state index in [1.165, 1.54) is 30.3 Å². The Morgan fingerprint density at radius 2 is 1.68 bits per heavy atom. The largest absolute Gasteiger partial charge is 0.355 e. The fourth-order valence-electron chi connectivity index (χ4n) is 4.50. The second-order valence-corrected chi connectivity index (χ2v) is 11.6. The highest BCUT2D eigenvalue weighted by molar-refractivity contribution is 7.90. The first-order chi connectivity index (χ1) is 17.0. The Morgan fingerprint density at radius 3 is 2.24 bits per heavy atom. The number of halogens is 3. The van der Waals surface area contributed by atoms with E-state index in [9.17, 15) is 17.6 Å². The van der Waals surface area contributed by atoms with Gasteiger partial charge in [0.05, 0.1) is 21.2 Å². The molecule has 0 spiro atoms. The van der Waals surface area contributed by atoms with Gasteiger partial charge in [-0.1, -0.05) is 11.6 Å². The lowest BCUT2D eigenvalue weighted by Gasteiger charge is -2.38. The van der Waals surface area contributed by atoms with Crippen LogP contribution < -0.4 is 4.90 Å². The molecular weight excluding hydrogens is 538 g/mol. The Hall–Kier alpha value is -2.75. The van der Waals surface area contributed by atoms with Gasteiger partial charge in [-0.3, -0.25) is 4.79 Å². The van der Waals surface area contributed by atoms with E-state index in [-0.39, 0.29) is 45.7 Å². The number of benzene rings is 2. The molecular formula is C26H29Cl2FN4O3S. The Bertz CT molecular complexity index is 1410. The molecule has 4 rings (SSSR count). The molecule has 0 saturated carbocycles. The van der Waals surface area contributed by atoms with Crippen LogP contribution in [0.4, 0.5) is 10.2 Å². The summed E-state index contributed by atoms with van der Waals surface area (Å²) in [6, 6.07) is 10.4. The van der Waals surface area contributed by atoms with E-state index in [4.69, 9.17) is 11.6 Å². The van der Waals surface area contributed by atoms with E-state index in [0.717, 1.165) is 47.3 Å². The zero-order valence-corrected chi connectivity index (χ0v) is 23.4. The van der Waals surface area contributed by atoms with Gasteiger partial charge in [0.15, 0.2) is 15.7 Å². The van der Waals surface area contributed by atoms with Crippen LogP contribution in [0.15, 0.2) is 47.4 Å². The normalized spacial score (nSPS) is 14.3. The van der Waals surface area contributed by atoms with Crippen molar-refractivity contribution in [1.82, 2.24) is 15.1 Å². The van der Waals surface area contributed by atoms with Gasteiger partial charge in [-0.15, -0.1) is 22.6 Å². The molecule has 1 amide bonds. The van der Waals surface area contributed by atoms with Crippen LogP contribution in [-0.2, 0) is 9.84 Å². The maximum atomic E-state index is 13.3. The monoisotopic (exact) mass is 566 g/mol. The van der Waals surface area contributed by atoms with E-state index in [0.29, 0.717) is 13.1 Å². The highest BCUT2D eigenvalue weighted by Crippen LogP contribution is 2.30. The Balaban J connectivity index is 0.00000380. The number of carbonyl (C=O) groups is 1. The van der Waals surface area contributed by atoms with Crippen LogP contribution in [-0.4, -0.2) is 61.9 Å². The van der Waals surface area contributed by atoms with Crippen LogP contribution in [0.3, 0.4) is 0 Å². The molecule has 1 aromatic heterocycles. The van der Waals surface area contributed by atoms with Gasteiger partial charge in [0.25, 0.3) is 5.91 Å². The van der Waals surface area contributed by atoms with Gasteiger partial charge < -0.3 is 9.80 Å². The number of piperidine rings is 1. The predicted octanol–water partition coefficient (Wildman–Crippen LogP) is 5.12. The molecule has 1 aliphatic heterocycles. The van der Waals surface area contributed by atoms with Crippen LogP contribution in [0.5, 0.6) is 0 Å². The summed E-state index contributed by atoms with van der Waals surface area (Å²) in [5, 5.41) is 9.04. The number of sulfone groups is 1. The summed E-state index contributed by atoms with van der Waals surface area (Å²) in [6.07, 6.45) is 2.58. The SMILES string of the molecule is Cc1c(-c2ccc(F)cc2)nnc(N2CCC(N(C)C(=O)c3ccc(S(C)(=O)=O)cc3Cl)CC2)c1C.Cl. The van der Waals surface area contributed by atoms with Gasteiger partial charge in [0.1, 0.15) is 5.82 Å². The second kappa shape index (κ2) is 11.3. The fraction of sp³-hybridized carbons (Fsp3) is 0.346. The van der Waals surface area contributed by atoms with Crippen LogP contribution in [0, 0.1) is 19.7 Å². The quantitative estimate of drug-likeness (QED) is 0.426. The smallest absolute Gasteiger partial charge is 0.255 e. The second-order valence-electron chi connectivity index (χ2n) is 9.18. The number of anilines is 1. The first kappa shape index (κ1) is 28.8. The van der Waals surface area contributed by atoms with Crippen molar-refractivity contribution in [3.05, 3.63) is 70.0 Å². The zero-order chi connectivity index (χ0) is 26.2. The van der Waals surface area contributed by atoms with Crippen molar-refractivity contribution in [3.8, 4) is 11.3 Å². The van der Waals surface area contributed by atoms with Gasteiger partial charge in [-0.05, 0) is 80.3 Å². The van der Waals surface area contributed by atoms with E-state index in [1.807, 2.05) is 13.8 Å². The van der Waals surface area contributed by atoms with Gasteiger partial charge in [0.2, 0.25) is 0 Å². The Morgan fingerprint density at radius 1 is 1.05 bits per heavy atom. The Labute approximate surface area is 228 Å². The standard InChI is InChI=1S/C26H28ClFN4O3S.ClH/c1-16-17(2)25(30-29-24(16)18-5-7-19(28)8-6-18)32-13-11-20(12-14-32)31(3)26(33)22-10-9-21(15-23(22)27)36(4,34)35;/h5-10,15,20H,11-14H2,1-4H3;1H. The maximum absolute atomic E-state index is 13.3. The molecule has 0 unspecified atom stereocenters. The molecule has 11 heteroatoms. The minimum Gasteiger partial charge on any atom is -0.355 e. The minimum atomic E-state index is -3.41. The lowest BCUT2D eigenvalue weighted by Crippen LogP contribution is -2.46. The average molecular weight is 568 g/mol. The van der Waals surface area contributed by atoms with E-state index in [1.54, 1.807) is 24.1 Å². The molecule has 1 aliphatic rings. The molecule has 7 nitrogen and oxygen atoms in total. The lowest BCUT2D eigenvalue weighted by molar-refractivity contribution is 0.0709. The predicted molar refractivity (Wildman–Crippen MR) is 146 cm³/mol. The zero-order valence-electron chi connectivity index (χ0n) is 21.0. The summed E-state index contributed by atoms with van der Waals surface area (Å²) in [4.78, 5) is 17.0. The molecule has 0 N–H and O–H groups in total. The molecule has 2 aromatic carbocycles. The minimum absolute atomic E-state index is 0. The summed E-state index contributed by atoms with van der Waals surface area (Å²) in [6.45, 7) is 5.41. The summed E-state index contributed by atoms with van der Waals surface area (Å²) in [5.74, 6) is 0.274. The fourth-order valence-corrected chi connectivity index (χ4v) is 5.47. The molecule has 198 valence electrons. The average Bonchev–Trinajstić information content (AvgIpc) is 2.85. The number of carbonyl (C=O) groups excluding carboxylic acids is 1. The first-order valence-electron chi connectivity index (χ1n) is 11.6. The first-order valence-corrected chi connectivity index (χ1v) is 13.9. The molecule has 0 atom stereocenters. The molecule has 1 saturated heterocycles. The van der Waals surface area contributed by atoms with Crippen molar-refractivity contribution >= 4 is 45.6 Å². The van der Waals surface area contributed by atoms with Crippen molar-refractivity contribution in [3.63, 3.8) is 0 Å². The van der Waals surface area contributed by atoms with Crippen molar-refractivity contribution in [2.45, 2.75) is 37.6 Å². The van der Waals surface area contributed by atoms with E-state index in [2.05, 4.69) is 15.1 Å². The highest BCUT2D eigenvalue weighted by atomic mass is 35.5. The molecule has 0 bridgehead atoms. The van der Waals surface area contributed by atoms with Gasteiger partial charge in [0, 0.05) is 38.0 Å². The van der Waals surface area contributed by atoms with E-state index < -0.39 is 9.84 Å². The third kappa shape index (κ3) is 6.05. The van der Waals surface area contributed by atoms with Crippen molar-refractivity contribution in [2.75, 3.05) is 31.3 Å². The molecule has 3 aromatic rings. The number of hydrogen-bond acceptors (Lipinski definition) is 6.